The molecule has 27 heteroatoms. The minimum atomic E-state index is -1.73. The van der Waals surface area contributed by atoms with Gasteiger partial charge in [0.2, 0.25) is 0 Å². The predicted octanol–water partition coefficient (Wildman–Crippen LogP) is -1.88. The van der Waals surface area contributed by atoms with E-state index in [0.717, 1.165) is 0 Å². The number of aromatic nitrogens is 2. The van der Waals surface area contributed by atoms with Gasteiger partial charge in [-0.1, -0.05) is 82.5 Å². The molecule has 0 bridgehead atoms. The fraction of sp³-hybridized carbons (Fsp3) is 0.796. The van der Waals surface area contributed by atoms with Crippen molar-refractivity contribution in [3.05, 3.63) is 45.6 Å². The molecule has 20 atom stereocenters. The van der Waals surface area contributed by atoms with Gasteiger partial charge in [-0.15, -0.1) is 0 Å². The summed E-state index contributed by atoms with van der Waals surface area (Å²) in [5, 5.41) is 158. The summed E-state index contributed by atoms with van der Waals surface area (Å²) in [6.45, 7) is 13.4. The first-order valence-corrected chi connectivity index (χ1v) is 29.9. The van der Waals surface area contributed by atoms with E-state index in [1.54, 1.807) is 23.2 Å². The van der Waals surface area contributed by atoms with Crippen molar-refractivity contribution >= 4 is 50.1 Å². The number of aliphatic hydroxyl groups is 10. The maximum absolute atomic E-state index is 12.4. The van der Waals surface area contributed by atoms with E-state index in [4.69, 9.17) is 5.73 Å². The maximum atomic E-state index is 12.4. The van der Waals surface area contributed by atoms with Gasteiger partial charge in [-0.25, -0.2) is 4.98 Å². The SMILES string of the molecule is CCC(C)[C@H](N[C@@H](O)[C@H](Cc1c[nH]cn1)N[C@H](O)[C@@H]1CSSC[C@H](C)[C@@H](O)N2CC(O)C[C@H]2[C@H](O)N[C@@H](Cc2ccc(O)c(I)c2)[C@@H](O)N[C@@H](CC(=O)O)[C@@H](O)N[C@@H](CC(C)C)[C@H](O)N1)[C@@H](O)N[C@@H](CC(C)C)[C@@H](N)O. The third-order valence-corrected chi connectivity index (χ3v) is 17.6. The zero-order chi connectivity index (χ0) is 56.6. The Balaban J connectivity index is 1.71. The zero-order valence-electron chi connectivity index (χ0n) is 44.6. The molecule has 76 heavy (non-hydrogen) atoms. The second kappa shape index (κ2) is 32.7. The van der Waals surface area contributed by atoms with Crippen molar-refractivity contribution in [3.8, 4) is 5.75 Å². The molecule has 0 radical (unpaired) electrons. The zero-order valence-corrected chi connectivity index (χ0v) is 48.4. The van der Waals surface area contributed by atoms with Crippen LogP contribution in [0.4, 0.5) is 0 Å². The summed E-state index contributed by atoms with van der Waals surface area (Å²) >= 11 is 1.95. The number of carboxylic acids is 1. The minimum Gasteiger partial charge on any atom is -0.507 e. The number of imidazole rings is 1. The van der Waals surface area contributed by atoms with E-state index >= 15 is 0 Å². The van der Waals surface area contributed by atoms with Gasteiger partial charge in [-0.3, -0.25) is 46.9 Å². The van der Waals surface area contributed by atoms with Crippen molar-refractivity contribution in [2.75, 3.05) is 18.1 Å². The van der Waals surface area contributed by atoms with E-state index in [0.29, 0.717) is 33.4 Å². The van der Waals surface area contributed by atoms with Crippen molar-refractivity contribution in [2.24, 2.45) is 29.4 Å². The van der Waals surface area contributed by atoms with Crippen LogP contribution in [0.5, 0.6) is 5.75 Å². The molecule has 0 spiro atoms. The first-order valence-electron chi connectivity index (χ1n) is 26.3. The van der Waals surface area contributed by atoms with E-state index in [9.17, 15) is 66.1 Å². The Kier molecular flexibility index (Phi) is 28.8. The number of H-pyrrole nitrogens is 1. The van der Waals surface area contributed by atoms with Gasteiger partial charge in [0.15, 0.2) is 0 Å². The molecule has 2 aliphatic rings. The number of hydrogen-bond donors (Lipinski definition) is 21. The topological polar surface area (TPSA) is 402 Å². The molecular formula is C49H90IN11O13S2. The smallest absolute Gasteiger partial charge is 0.305 e. The van der Waals surface area contributed by atoms with Crippen LogP contribution in [-0.2, 0) is 17.6 Å². The third kappa shape index (κ3) is 21.4. The third-order valence-electron chi connectivity index (χ3n) is 14.1. The number of rotatable bonds is 22. The molecule has 2 aliphatic heterocycles. The number of hydrogen-bond acceptors (Lipinski definition) is 24. The summed E-state index contributed by atoms with van der Waals surface area (Å²) in [4.78, 5) is 21.2. The van der Waals surface area contributed by atoms with Gasteiger partial charge in [-0.05, 0) is 83.7 Å². The summed E-state index contributed by atoms with van der Waals surface area (Å²) in [5.74, 6) is -1.47. The molecule has 0 amide bonds. The summed E-state index contributed by atoms with van der Waals surface area (Å²) in [6.07, 6.45) is -10.1. The highest BCUT2D eigenvalue weighted by Crippen LogP contribution is 2.31. The standard InChI is InChI=1S/C49H90IN11O13S2/c1-8-25(6)40(48(73)54-31(41(51)66)11-23(2)3)60-45(70)34(15-28-18-52-22-53-28)56-46(71)36-21-76-75-20-26(7)49(74)61-19-29(62)16-37(61)47(72)58-33(14-27-9-10-38(63)30(50)13-27)43(68)57-35(17-39(64)65)44(69)55-32(12-24(4)5)42(67)59-36/h9-10,13,18,22-26,29,31-37,40-49,54-60,62-63,66-74H,8,11-12,14-17,19-21,51H2,1-7H3,(H,52,53)(H,64,65)/t25?,26-,29?,31-,32-,33-,34-,35-,36-,37-,40-,41-,42-,43+,44+,45-,46+,47-,48+,49+/m0/s1. The monoisotopic (exact) mass is 1230 g/mol. The number of phenolic OH excluding ortho intramolecular Hbond substituents is 1. The average molecular weight is 1230 g/mol. The van der Waals surface area contributed by atoms with E-state index in [1.807, 2.05) is 71.1 Å². The quantitative estimate of drug-likeness (QED) is 0.0348. The summed E-state index contributed by atoms with van der Waals surface area (Å²) < 4.78 is 0.514. The van der Waals surface area contributed by atoms with Crippen LogP contribution >= 0.6 is 44.2 Å². The minimum absolute atomic E-state index is 0.0230. The molecule has 2 unspecified atom stereocenters. The molecule has 0 aliphatic carbocycles. The highest BCUT2D eigenvalue weighted by molar-refractivity contribution is 14.1. The Morgan fingerprint density at radius 3 is 2.11 bits per heavy atom. The van der Waals surface area contributed by atoms with E-state index in [-0.39, 0.29) is 61.5 Å². The maximum Gasteiger partial charge on any atom is 0.305 e. The molecule has 1 aromatic heterocycles. The molecule has 2 aromatic rings. The second-order valence-corrected chi connectivity index (χ2v) is 25.3. The van der Waals surface area contributed by atoms with Crippen LogP contribution < -0.4 is 43.0 Å². The predicted molar refractivity (Wildman–Crippen MR) is 299 cm³/mol. The van der Waals surface area contributed by atoms with Crippen molar-refractivity contribution in [1.82, 2.24) is 52.1 Å². The molecule has 4 rings (SSSR count). The highest BCUT2D eigenvalue weighted by Gasteiger charge is 2.43. The molecule has 1 aromatic carbocycles. The van der Waals surface area contributed by atoms with Crippen molar-refractivity contribution < 1.29 is 66.1 Å². The number of aliphatic carboxylic acids is 1. The number of aromatic hydroxyl groups is 1. The van der Waals surface area contributed by atoms with Crippen molar-refractivity contribution in [2.45, 2.75) is 204 Å². The number of aromatic amines is 1. The Morgan fingerprint density at radius 1 is 0.855 bits per heavy atom. The van der Waals surface area contributed by atoms with Crippen LogP contribution in [0.1, 0.15) is 91.8 Å². The molecular weight excluding hydrogens is 1140 g/mol. The molecule has 3 heterocycles. The van der Waals surface area contributed by atoms with Crippen LogP contribution in [-0.4, -0.2) is 211 Å². The number of nitrogens with two attached hydrogens (primary N) is 1. The Morgan fingerprint density at radius 2 is 1.50 bits per heavy atom. The lowest BCUT2D eigenvalue weighted by Gasteiger charge is -2.39. The molecule has 2 fully saturated rings. The van der Waals surface area contributed by atoms with Crippen LogP contribution in [0, 0.1) is 27.2 Å². The van der Waals surface area contributed by atoms with E-state index in [1.165, 1.54) is 34.0 Å². The number of carbonyl (C=O) groups is 1. The lowest BCUT2D eigenvalue weighted by Crippen LogP contribution is -2.66. The number of aliphatic hydroxyl groups excluding tert-OH is 10. The number of carboxylic acid groups (broad SMARTS) is 1. The van der Waals surface area contributed by atoms with Crippen LogP contribution in [0.2, 0.25) is 0 Å². The van der Waals surface area contributed by atoms with E-state index in [2.05, 4.69) is 47.2 Å². The first-order chi connectivity index (χ1) is 35.8. The number of phenols is 1. The van der Waals surface area contributed by atoms with Gasteiger partial charge < -0.3 is 72.0 Å². The molecule has 22 N–H and O–H groups in total. The van der Waals surface area contributed by atoms with Crippen molar-refractivity contribution in [3.63, 3.8) is 0 Å². The summed E-state index contributed by atoms with van der Waals surface area (Å²) in [5.41, 5.74) is 7.05. The van der Waals surface area contributed by atoms with Crippen LogP contribution in [0.15, 0.2) is 30.7 Å². The largest absolute Gasteiger partial charge is 0.507 e. The fourth-order valence-electron chi connectivity index (χ4n) is 9.67. The molecule has 0 saturated carbocycles. The number of nitrogens with zero attached hydrogens (tertiary/aromatic N) is 2. The van der Waals surface area contributed by atoms with Gasteiger partial charge in [0, 0.05) is 48.7 Å². The number of nitrogens with one attached hydrogen (secondary N) is 8. The van der Waals surface area contributed by atoms with Crippen LogP contribution in [0.3, 0.4) is 0 Å². The Bertz CT molecular complexity index is 1970. The highest BCUT2D eigenvalue weighted by atomic mass is 127. The fourth-order valence-corrected chi connectivity index (χ4v) is 12.9. The first kappa shape index (κ1) is 66.9. The van der Waals surface area contributed by atoms with Gasteiger partial charge in [0.05, 0.1) is 64.4 Å². The van der Waals surface area contributed by atoms with Crippen LogP contribution in [0.25, 0.3) is 0 Å². The summed E-state index contributed by atoms with van der Waals surface area (Å²) in [6, 6.07) is -3.01. The normalized spacial score (nSPS) is 31.5. The molecule has 2 saturated heterocycles. The number of halogens is 1. The summed E-state index contributed by atoms with van der Waals surface area (Å²) in [7, 11) is 2.69. The second-order valence-electron chi connectivity index (χ2n) is 21.5. The van der Waals surface area contributed by atoms with Crippen molar-refractivity contribution in [1.29, 1.82) is 0 Å². The molecule has 24 nitrogen and oxygen atoms in total. The van der Waals surface area contributed by atoms with E-state index < -0.39 is 129 Å². The van der Waals surface area contributed by atoms with Gasteiger partial charge in [0.25, 0.3) is 0 Å². The molecule has 438 valence electrons. The lowest BCUT2D eigenvalue weighted by molar-refractivity contribution is -0.139. The Hall–Kier alpha value is -1.63. The Labute approximate surface area is 468 Å². The number of fused-ring (bicyclic) bond motifs is 1. The lowest BCUT2D eigenvalue weighted by atomic mass is 9.95. The van der Waals surface area contributed by atoms with Gasteiger partial charge >= 0.3 is 5.97 Å². The number of benzene rings is 1. The van der Waals surface area contributed by atoms with Gasteiger partial charge in [-0.2, -0.15) is 0 Å². The average Bonchev–Trinajstić information content (AvgIpc) is 4.02. The van der Waals surface area contributed by atoms with Gasteiger partial charge in [0.1, 0.15) is 61.8 Å².